The molecule has 1 aromatic heterocycles. The lowest BCUT2D eigenvalue weighted by atomic mass is 9.72. The summed E-state index contributed by atoms with van der Waals surface area (Å²) in [5, 5.41) is 5.13. The Morgan fingerprint density at radius 2 is 1.97 bits per heavy atom. The number of likely N-dealkylation sites (tertiary alicyclic amines) is 1. The Bertz CT molecular complexity index is 849. The molecule has 0 spiro atoms. The summed E-state index contributed by atoms with van der Waals surface area (Å²) in [5.74, 6) is 0.203. The topological polar surface area (TPSA) is 58.6 Å². The summed E-state index contributed by atoms with van der Waals surface area (Å²) in [6, 6.07) is 12.7. The molecule has 2 amide bonds. The number of piperidine rings is 1. The maximum absolute atomic E-state index is 13.1. The molecule has 3 heterocycles. The second-order valence-corrected chi connectivity index (χ2v) is 9.27. The minimum atomic E-state index is -0.465. The van der Waals surface area contributed by atoms with E-state index >= 15 is 0 Å². The number of carbonyl (C=O) groups is 2. The standard InChI is InChI=1S/C24H30N2O3S/c1-2-25-23(28)24(11-13-26(14-12-24)22(27)20-5-3-15-29-20)17-18-7-9-19(10-8-18)21-6-4-16-30-21/h4,6-10,16,20H,2-3,5,11-15,17H2,1H3,(H,25,28). The van der Waals surface area contributed by atoms with Crippen LogP contribution in [-0.4, -0.2) is 49.1 Å². The van der Waals surface area contributed by atoms with Gasteiger partial charge < -0.3 is 15.0 Å². The van der Waals surface area contributed by atoms with Crippen LogP contribution in [0.25, 0.3) is 10.4 Å². The van der Waals surface area contributed by atoms with Gasteiger partial charge in [-0.05, 0) is 61.6 Å². The molecule has 2 aliphatic heterocycles. The molecule has 1 unspecified atom stereocenters. The number of thiophene rings is 1. The van der Waals surface area contributed by atoms with Crippen LogP contribution in [0.4, 0.5) is 0 Å². The van der Waals surface area contributed by atoms with Crippen molar-refractivity contribution in [2.24, 2.45) is 5.41 Å². The maximum atomic E-state index is 13.1. The Labute approximate surface area is 182 Å². The molecule has 2 aromatic rings. The van der Waals surface area contributed by atoms with Gasteiger partial charge in [0.1, 0.15) is 6.10 Å². The summed E-state index contributed by atoms with van der Waals surface area (Å²) in [6.07, 6.45) is 3.55. The van der Waals surface area contributed by atoms with E-state index in [0.29, 0.717) is 45.5 Å². The van der Waals surface area contributed by atoms with E-state index in [4.69, 9.17) is 4.74 Å². The molecule has 0 bridgehead atoms. The van der Waals surface area contributed by atoms with Gasteiger partial charge in [0.15, 0.2) is 0 Å². The van der Waals surface area contributed by atoms with Crippen LogP contribution in [-0.2, 0) is 20.7 Å². The summed E-state index contributed by atoms with van der Waals surface area (Å²) < 4.78 is 5.57. The van der Waals surface area contributed by atoms with E-state index in [2.05, 4.69) is 47.1 Å². The lowest BCUT2D eigenvalue weighted by Gasteiger charge is -2.41. The molecule has 30 heavy (non-hydrogen) atoms. The first-order valence-electron chi connectivity index (χ1n) is 10.9. The number of hydrogen-bond acceptors (Lipinski definition) is 4. The average Bonchev–Trinajstić information content (AvgIpc) is 3.49. The molecule has 160 valence electrons. The van der Waals surface area contributed by atoms with Gasteiger partial charge in [-0.2, -0.15) is 0 Å². The molecule has 6 heteroatoms. The average molecular weight is 427 g/mol. The summed E-state index contributed by atoms with van der Waals surface area (Å²) in [4.78, 5) is 28.9. The molecule has 2 aliphatic rings. The first-order chi connectivity index (χ1) is 14.6. The molecule has 2 fully saturated rings. The van der Waals surface area contributed by atoms with Crippen molar-refractivity contribution in [1.29, 1.82) is 0 Å². The van der Waals surface area contributed by atoms with Crippen molar-refractivity contribution in [1.82, 2.24) is 10.2 Å². The smallest absolute Gasteiger partial charge is 0.251 e. The first kappa shape index (κ1) is 21.1. The van der Waals surface area contributed by atoms with Crippen LogP contribution in [0.2, 0.25) is 0 Å². The van der Waals surface area contributed by atoms with Crippen LogP contribution >= 0.6 is 11.3 Å². The summed E-state index contributed by atoms with van der Waals surface area (Å²) in [7, 11) is 0. The second-order valence-electron chi connectivity index (χ2n) is 8.32. The zero-order valence-electron chi connectivity index (χ0n) is 17.6. The fourth-order valence-electron chi connectivity index (χ4n) is 4.58. The van der Waals surface area contributed by atoms with Gasteiger partial charge in [0, 0.05) is 31.1 Å². The van der Waals surface area contributed by atoms with Gasteiger partial charge in [-0.1, -0.05) is 30.3 Å². The third kappa shape index (κ3) is 4.44. The molecule has 2 saturated heterocycles. The summed E-state index contributed by atoms with van der Waals surface area (Å²) >= 11 is 1.73. The Hall–Kier alpha value is -2.18. The van der Waals surface area contributed by atoms with Crippen molar-refractivity contribution in [3.63, 3.8) is 0 Å². The molecule has 1 N–H and O–H groups in total. The fourth-order valence-corrected chi connectivity index (χ4v) is 5.32. The Morgan fingerprint density at radius 3 is 2.57 bits per heavy atom. The van der Waals surface area contributed by atoms with Crippen molar-refractivity contribution in [3.8, 4) is 10.4 Å². The number of carbonyl (C=O) groups excluding carboxylic acids is 2. The van der Waals surface area contributed by atoms with Crippen molar-refractivity contribution in [2.45, 2.75) is 45.1 Å². The van der Waals surface area contributed by atoms with Crippen LogP contribution < -0.4 is 5.32 Å². The van der Waals surface area contributed by atoms with Gasteiger partial charge in [-0.3, -0.25) is 9.59 Å². The van der Waals surface area contributed by atoms with Crippen LogP contribution in [0.5, 0.6) is 0 Å². The third-order valence-electron chi connectivity index (χ3n) is 6.36. The number of hydrogen-bond donors (Lipinski definition) is 1. The molecular weight excluding hydrogens is 396 g/mol. The maximum Gasteiger partial charge on any atom is 0.251 e. The zero-order valence-corrected chi connectivity index (χ0v) is 18.4. The van der Waals surface area contributed by atoms with Crippen molar-refractivity contribution in [2.75, 3.05) is 26.2 Å². The van der Waals surface area contributed by atoms with Gasteiger partial charge in [-0.15, -0.1) is 11.3 Å². The quantitative estimate of drug-likeness (QED) is 0.763. The summed E-state index contributed by atoms with van der Waals surface area (Å²) in [6.45, 7) is 4.48. The van der Waals surface area contributed by atoms with Crippen LogP contribution in [0.15, 0.2) is 41.8 Å². The third-order valence-corrected chi connectivity index (χ3v) is 7.28. The highest BCUT2D eigenvalue weighted by atomic mass is 32.1. The molecular formula is C24H30N2O3S. The number of ether oxygens (including phenoxy) is 1. The van der Waals surface area contributed by atoms with Crippen molar-refractivity contribution < 1.29 is 14.3 Å². The number of benzene rings is 1. The van der Waals surface area contributed by atoms with Gasteiger partial charge in [0.25, 0.3) is 5.91 Å². The van der Waals surface area contributed by atoms with Gasteiger partial charge in [-0.25, -0.2) is 0 Å². The number of rotatable bonds is 6. The van der Waals surface area contributed by atoms with E-state index in [0.717, 1.165) is 12.8 Å². The lowest BCUT2D eigenvalue weighted by Crippen LogP contribution is -2.52. The predicted octanol–water partition coefficient (Wildman–Crippen LogP) is 3.88. The van der Waals surface area contributed by atoms with E-state index < -0.39 is 5.41 Å². The minimum Gasteiger partial charge on any atom is -0.368 e. The Kier molecular flexibility index (Phi) is 6.54. The molecule has 0 saturated carbocycles. The number of amides is 2. The zero-order chi connectivity index (χ0) is 21.0. The van der Waals surface area contributed by atoms with E-state index in [1.165, 1.54) is 16.0 Å². The van der Waals surface area contributed by atoms with Gasteiger partial charge in [0.2, 0.25) is 5.91 Å². The highest BCUT2D eigenvalue weighted by Gasteiger charge is 2.43. The molecule has 4 rings (SSSR count). The molecule has 0 radical (unpaired) electrons. The van der Waals surface area contributed by atoms with Crippen LogP contribution in [0, 0.1) is 5.41 Å². The second kappa shape index (κ2) is 9.31. The predicted molar refractivity (Wildman–Crippen MR) is 119 cm³/mol. The Morgan fingerprint density at radius 1 is 1.20 bits per heavy atom. The van der Waals surface area contributed by atoms with E-state index in [-0.39, 0.29) is 17.9 Å². The summed E-state index contributed by atoms with van der Waals surface area (Å²) in [5.41, 5.74) is 1.91. The first-order valence-corrected chi connectivity index (χ1v) is 11.8. The van der Waals surface area contributed by atoms with Gasteiger partial charge >= 0.3 is 0 Å². The van der Waals surface area contributed by atoms with Crippen molar-refractivity contribution in [3.05, 3.63) is 47.3 Å². The van der Waals surface area contributed by atoms with E-state index in [1.54, 1.807) is 11.3 Å². The molecule has 0 aliphatic carbocycles. The Balaban J connectivity index is 1.46. The number of nitrogens with one attached hydrogen (secondary N) is 1. The highest BCUT2D eigenvalue weighted by molar-refractivity contribution is 7.13. The normalized spacial score (nSPS) is 20.8. The van der Waals surface area contributed by atoms with E-state index in [9.17, 15) is 9.59 Å². The SMILES string of the molecule is CCNC(=O)C1(Cc2ccc(-c3cccs3)cc2)CCN(C(=O)C2CCCO2)CC1. The monoisotopic (exact) mass is 426 g/mol. The van der Waals surface area contributed by atoms with Gasteiger partial charge in [0.05, 0.1) is 5.41 Å². The van der Waals surface area contributed by atoms with Crippen molar-refractivity contribution >= 4 is 23.2 Å². The van der Waals surface area contributed by atoms with E-state index in [1.807, 2.05) is 11.8 Å². The molecule has 1 aromatic carbocycles. The van der Waals surface area contributed by atoms with Crippen LogP contribution in [0.3, 0.4) is 0 Å². The van der Waals surface area contributed by atoms with Crippen LogP contribution in [0.1, 0.15) is 38.2 Å². The lowest BCUT2D eigenvalue weighted by molar-refractivity contribution is -0.146. The minimum absolute atomic E-state index is 0.0947. The fraction of sp³-hybridized carbons (Fsp3) is 0.500. The molecule has 1 atom stereocenters. The highest BCUT2D eigenvalue weighted by Crippen LogP contribution is 2.37. The molecule has 5 nitrogen and oxygen atoms in total. The number of nitrogens with zero attached hydrogens (tertiary/aromatic N) is 1. The largest absolute Gasteiger partial charge is 0.368 e.